The Bertz CT molecular complexity index is 839. The smallest absolute Gasteiger partial charge is 0.326 e. The molecule has 0 amide bonds. The fraction of sp³-hybridized carbons (Fsp3) is 0.412. The lowest BCUT2D eigenvalue weighted by Gasteiger charge is -2.15. The van der Waals surface area contributed by atoms with Gasteiger partial charge in [-0.2, -0.15) is 0 Å². The molecule has 122 valence electrons. The van der Waals surface area contributed by atoms with E-state index in [0.717, 1.165) is 41.8 Å². The van der Waals surface area contributed by atoms with Crippen LogP contribution in [0.5, 0.6) is 11.5 Å². The van der Waals surface area contributed by atoms with Crippen molar-refractivity contribution in [3.8, 4) is 11.5 Å². The highest BCUT2D eigenvalue weighted by atomic mass is 32.1. The lowest BCUT2D eigenvalue weighted by Crippen LogP contribution is -2.27. The third-order valence-electron chi connectivity index (χ3n) is 4.34. The third-order valence-corrected chi connectivity index (χ3v) is 4.69. The molecule has 6 heteroatoms. The molecule has 0 saturated carbocycles. The molecule has 23 heavy (non-hydrogen) atoms. The Morgan fingerprint density at radius 2 is 2.09 bits per heavy atom. The predicted octanol–water partition coefficient (Wildman–Crippen LogP) is 2.65. The van der Waals surface area contributed by atoms with Crippen molar-refractivity contribution in [3.05, 3.63) is 50.1 Å². The Labute approximate surface area is 139 Å². The van der Waals surface area contributed by atoms with Crippen molar-refractivity contribution in [1.82, 2.24) is 9.55 Å². The van der Waals surface area contributed by atoms with Gasteiger partial charge in [0, 0.05) is 17.8 Å². The van der Waals surface area contributed by atoms with Gasteiger partial charge in [-0.15, -0.1) is 0 Å². The van der Waals surface area contributed by atoms with Crippen molar-refractivity contribution < 1.29 is 9.47 Å². The third kappa shape index (κ3) is 2.91. The second kappa shape index (κ2) is 6.58. The van der Waals surface area contributed by atoms with Crippen LogP contribution in [-0.2, 0) is 25.8 Å². The van der Waals surface area contributed by atoms with Crippen LogP contribution in [0, 0.1) is 4.64 Å². The average molecular weight is 332 g/mol. The van der Waals surface area contributed by atoms with Crippen LogP contribution in [0.4, 0.5) is 0 Å². The standard InChI is InChI=1S/C17H20N2O3S/c1-21-14-8-3-5-11(15(14)22-2)9-10-19-13-7-4-6-12(13)16(23)18-17(19)20/h3,5,8H,4,6-7,9-10H2,1-2H3,(H,18,20,23). The number of nitrogens with zero attached hydrogens (tertiary/aromatic N) is 1. The van der Waals surface area contributed by atoms with Crippen LogP contribution >= 0.6 is 12.2 Å². The zero-order valence-corrected chi connectivity index (χ0v) is 14.2. The molecule has 0 radical (unpaired) electrons. The van der Waals surface area contributed by atoms with Gasteiger partial charge in [-0.3, -0.25) is 9.55 Å². The highest BCUT2D eigenvalue weighted by Crippen LogP contribution is 2.31. The number of hydrogen-bond acceptors (Lipinski definition) is 4. The molecule has 0 atom stereocenters. The number of methoxy groups -OCH3 is 2. The Morgan fingerprint density at radius 1 is 1.26 bits per heavy atom. The Hall–Kier alpha value is -2.08. The maximum Gasteiger partial charge on any atom is 0.326 e. The minimum absolute atomic E-state index is 0.127. The summed E-state index contributed by atoms with van der Waals surface area (Å²) in [6.45, 7) is 0.594. The molecule has 0 unspecified atom stereocenters. The molecule has 1 aromatic heterocycles. The topological polar surface area (TPSA) is 56.2 Å². The van der Waals surface area contributed by atoms with E-state index in [1.165, 1.54) is 0 Å². The molecule has 0 spiro atoms. The first kappa shape index (κ1) is 15.8. The van der Waals surface area contributed by atoms with Gasteiger partial charge >= 0.3 is 5.69 Å². The van der Waals surface area contributed by atoms with Crippen molar-refractivity contribution in [1.29, 1.82) is 0 Å². The predicted molar refractivity (Wildman–Crippen MR) is 91.2 cm³/mol. The number of hydrogen-bond donors (Lipinski definition) is 1. The van der Waals surface area contributed by atoms with E-state index in [0.29, 0.717) is 23.4 Å². The number of fused-ring (bicyclic) bond motifs is 1. The van der Waals surface area contributed by atoms with Gasteiger partial charge in [0.2, 0.25) is 0 Å². The Morgan fingerprint density at radius 3 is 2.83 bits per heavy atom. The van der Waals surface area contributed by atoms with Crippen LogP contribution in [0.15, 0.2) is 23.0 Å². The number of aryl methyl sites for hydroxylation is 1. The first-order valence-corrected chi connectivity index (χ1v) is 8.11. The molecule has 1 heterocycles. The summed E-state index contributed by atoms with van der Waals surface area (Å²) in [6.07, 6.45) is 3.61. The van der Waals surface area contributed by atoms with E-state index in [1.54, 1.807) is 14.2 Å². The Balaban J connectivity index is 1.93. The monoisotopic (exact) mass is 332 g/mol. The first-order chi connectivity index (χ1) is 11.2. The molecule has 0 fully saturated rings. The molecule has 1 N–H and O–H groups in total. The molecular weight excluding hydrogens is 312 g/mol. The molecule has 2 aromatic rings. The number of aromatic amines is 1. The van der Waals surface area contributed by atoms with Crippen molar-refractivity contribution >= 4 is 12.2 Å². The lowest BCUT2D eigenvalue weighted by atomic mass is 10.1. The van der Waals surface area contributed by atoms with E-state index < -0.39 is 0 Å². The van der Waals surface area contributed by atoms with Gasteiger partial charge in [0.25, 0.3) is 0 Å². The van der Waals surface area contributed by atoms with Gasteiger partial charge in [-0.25, -0.2) is 4.79 Å². The van der Waals surface area contributed by atoms with Crippen molar-refractivity contribution in [2.24, 2.45) is 0 Å². The van der Waals surface area contributed by atoms with Crippen LogP contribution in [0.25, 0.3) is 0 Å². The number of aromatic nitrogens is 2. The van der Waals surface area contributed by atoms with Gasteiger partial charge in [0.05, 0.1) is 14.2 Å². The lowest BCUT2D eigenvalue weighted by molar-refractivity contribution is 0.351. The molecule has 0 aliphatic heterocycles. The molecule has 1 aromatic carbocycles. The highest BCUT2D eigenvalue weighted by molar-refractivity contribution is 7.71. The molecule has 3 rings (SSSR count). The summed E-state index contributed by atoms with van der Waals surface area (Å²) in [5.41, 5.74) is 3.10. The number of para-hydroxylation sites is 1. The van der Waals surface area contributed by atoms with E-state index in [1.807, 2.05) is 22.8 Å². The second-order valence-electron chi connectivity index (χ2n) is 5.59. The number of benzene rings is 1. The molecule has 5 nitrogen and oxygen atoms in total. The Kier molecular flexibility index (Phi) is 4.52. The zero-order valence-electron chi connectivity index (χ0n) is 13.3. The van der Waals surface area contributed by atoms with Gasteiger partial charge < -0.3 is 9.47 Å². The van der Waals surface area contributed by atoms with E-state index in [9.17, 15) is 4.79 Å². The van der Waals surface area contributed by atoms with Gasteiger partial charge in [0.1, 0.15) is 4.64 Å². The number of H-pyrrole nitrogens is 1. The van der Waals surface area contributed by atoms with E-state index in [2.05, 4.69) is 4.98 Å². The quantitative estimate of drug-likeness (QED) is 0.855. The summed E-state index contributed by atoms with van der Waals surface area (Å²) < 4.78 is 13.2. The molecular formula is C17H20N2O3S. The summed E-state index contributed by atoms with van der Waals surface area (Å²) in [5, 5.41) is 0. The van der Waals surface area contributed by atoms with Crippen LogP contribution in [0.1, 0.15) is 23.2 Å². The maximum absolute atomic E-state index is 12.3. The number of ether oxygens (including phenoxy) is 2. The minimum atomic E-state index is -0.127. The van der Waals surface area contributed by atoms with Crippen LogP contribution < -0.4 is 15.2 Å². The van der Waals surface area contributed by atoms with Gasteiger partial charge in [-0.05, 0) is 37.3 Å². The van der Waals surface area contributed by atoms with Crippen molar-refractivity contribution in [2.75, 3.05) is 14.2 Å². The first-order valence-electron chi connectivity index (χ1n) is 7.70. The fourth-order valence-corrected chi connectivity index (χ4v) is 3.56. The van der Waals surface area contributed by atoms with E-state index >= 15 is 0 Å². The number of rotatable bonds is 5. The molecule has 0 bridgehead atoms. The van der Waals surface area contributed by atoms with Crippen LogP contribution in [-0.4, -0.2) is 23.8 Å². The van der Waals surface area contributed by atoms with Crippen LogP contribution in [0.3, 0.4) is 0 Å². The van der Waals surface area contributed by atoms with E-state index in [-0.39, 0.29) is 5.69 Å². The summed E-state index contributed by atoms with van der Waals surface area (Å²) in [7, 11) is 3.25. The molecule has 0 saturated heterocycles. The van der Waals surface area contributed by atoms with Crippen molar-refractivity contribution in [2.45, 2.75) is 32.2 Å². The SMILES string of the molecule is COc1cccc(CCn2c3c(c(=S)[nH]c2=O)CCC3)c1OC. The fourth-order valence-electron chi connectivity index (χ4n) is 3.25. The summed E-state index contributed by atoms with van der Waals surface area (Å²) >= 11 is 5.27. The highest BCUT2D eigenvalue weighted by Gasteiger charge is 2.18. The largest absolute Gasteiger partial charge is 0.493 e. The minimum Gasteiger partial charge on any atom is -0.493 e. The molecule has 1 aliphatic rings. The maximum atomic E-state index is 12.3. The van der Waals surface area contributed by atoms with E-state index in [4.69, 9.17) is 21.7 Å². The van der Waals surface area contributed by atoms with Gasteiger partial charge in [0.15, 0.2) is 11.5 Å². The second-order valence-corrected chi connectivity index (χ2v) is 6.00. The summed E-state index contributed by atoms with van der Waals surface area (Å²) in [4.78, 5) is 15.1. The summed E-state index contributed by atoms with van der Waals surface area (Å²) in [5.74, 6) is 1.43. The number of nitrogens with one attached hydrogen (secondary N) is 1. The van der Waals surface area contributed by atoms with Crippen LogP contribution in [0.2, 0.25) is 0 Å². The average Bonchev–Trinajstić information content (AvgIpc) is 3.04. The van der Waals surface area contributed by atoms with Crippen molar-refractivity contribution in [3.63, 3.8) is 0 Å². The zero-order chi connectivity index (χ0) is 16.4. The normalized spacial score (nSPS) is 13.0. The summed E-state index contributed by atoms with van der Waals surface area (Å²) in [6, 6.07) is 5.80. The molecule has 1 aliphatic carbocycles. The van der Waals surface area contributed by atoms with Gasteiger partial charge in [-0.1, -0.05) is 24.4 Å².